The summed E-state index contributed by atoms with van der Waals surface area (Å²) in [5, 5.41) is 11.5. The molecule has 0 saturated heterocycles. The number of fused-ring (bicyclic) bond motifs is 1. The van der Waals surface area contributed by atoms with Gasteiger partial charge in [-0.25, -0.2) is 4.98 Å². The molecule has 7 heteroatoms. The summed E-state index contributed by atoms with van der Waals surface area (Å²) in [4.78, 5) is 19.4. The van der Waals surface area contributed by atoms with Crippen LogP contribution in [-0.2, 0) is 11.2 Å². The number of carbonyl (C=O) groups is 1. The minimum Gasteiger partial charge on any atom is -0.494 e. The number of hydrogen-bond acceptors (Lipinski definition) is 5. The molecule has 0 fully saturated rings. The second kappa shape index (κ2) is 7.17. The highest BCUT2D eigenvalue weighted by Gasteiger charge is 2.23. The number of aromatic nitrogens is 2. The Balaban J connectivity index is 1.92. The zero-order valence-electron chi connectivity index (χ0n) is 14.9. The molecule has 0 aliphatic carbocycles. The van der Waals surface area contributed by atoms with Crippen molar-refractivity contribution >= 4 is 33.6 Å². The van der Waals surface area contributed by atoms with E-state index in [4.69, 9.17) is 9.72 Å². The van der Waals surface area contributed by atoms with Crippen LogP contribution in [0.2, 0.25) is 0 Å². The van der Waals surface area contributed by atoms with Crippen LogP contribution in [-0.4, -0.2) is 27.1 Å². The average molecular weight is 399 g/mol. The summed E-state index contributed by atoms with van der Waals surface area (Å²) in [5.74, 6) is -0.0813. The van der Waals surface area contributed by atoms with E-state index in [0.29, 0.717) is 18.0 Å². The Kier molecular flexibility index (Phi) is 4.72. The number of aryl methyl sites for hydroxylation is 1. The first-order valence-corrected chi connectivity index (χ1v) is 10.3. The van der Waals surface area contributed by atoms with Crippen molar-refractivity contribution in [3.8, 4) is 27.6 Å². The molecule has 1 N–H and O–H groups in total. The van der Waals surface area contributed by atoms with E-state index < -0.39 is 5.97 Å². The van der Waals surface area contributed by atoms with E-state index in [1.54, 1.807) is 22.7 Å². The maximum Gasteiger partial charge on any atom is 0.309 e. The Labute approximate surface area is 164 Å². The maximum absolute atomic E-state index is 11.6. The third-order valence-corrected chi connectivity index (χ3v) is 6.09. The van der Waals surface area contributed by atoms with Gasteiger partial charge in [-0.1, -0.05) is 6.07 Å². The Morgan fingerprint density at radius 2 is 2.04 bits per heavy atom. The Morgan fingerprint density at radius 3 is 2.67 bits per heavy atom. The summed E-state index contributed by atoms with van der Waals surface area (Å²) >= 11 is 3.23. The lowest BCUT2D eigenvalue weighted by Gasteiger charge is -2.07. The number of ether oxygens (including phenoxy) is 1. The van der Waals surface area contributed by atoms with E-state index in [9.17, 15) is 9.90 Å². The summed E-state index contributed by atoms with van der Waals surface area (Å²) in [6, 6.07) is 11.7. The predicted octanol–water partition coefficient (Wildman–Crippen LogP) is 5.13. The molecule has 3 heterocycles. The Hall–Kier alpha value is -2.64. The molecule has 4 aromatic rings. The molecule has 1 aromatic carbocycles. The Morgan fingerprint density at radius 1 is 1.26 bits per heavy atom. The molecule has 0 spiro atoms. The van der Waals surface area contributed by atoms with Gasteiger partial charge >= 0.3 is 5.97 Å². The van der Waals surface area contributed by atoms with Gasteiger partial charge in [-0.2, -0.15) is 0 Å². The summed E-state index contributed by atoms with van der Waals surface area (Å²) in [5.41, 5.74) is 3.34. The Bertz CT molecular complexity index is 1090. The number of hydrogen-bond donors (Lipinski definition) is 1. The SMILES string of the molecule is CCOc1ccc(-c2nc3sc(C)c(-c4cccs4)n3c2CC(=O)O)cc1. The van der Waals surface area contributed by atoms with Gasteiger partial charge in [0.2, 0.25) is 0 Å². The molecule has 0 bridgehead atoms. The zero-order chi connectivity index (χ0) is 19.0. The van der Waals surface area contributed by atoms with E-state index >= 15 is 0 Å². The molecule has 0 saturated carbocycles. The first kappa shape index (κ1) is 17.8. The lowest BCUT2D eigenvalue weighted by molar-refractivity contribution is -0.136. The molecule has 0 amide bonds. The summed E-state index contributed by atoms with van der Waals surface area (Å²) in [7, 11) is 0. The van der Waals surface area contributed by atoms with Crippen molar-refractivity contribution in [2.24, 2.45) is 0 Å². The van der Waals surface area contributed by atoms with Gasteiger partial charge in [0.15, 0.2) is 4.96 Å². The minimum atomic E-state index is -0.870. The molecule has 27 heavy (non-hydrogen) atoms. The largest absolute Gasteiger partial charge is 0.494 e. The number of rotatable bonds is 6. The number of thiazole rings is 1. The number of carboxylic acid groups (broad SMARTS) is 1. The van der Waals surface area contributed by atoms with E-state index in [2.05, 4.69) is 13.0 Å². The lowest BCUT2D eigenvalue weighted by Crippen LogP contribution is -2.05. The second-order valence-corrected chi connectivity index (χ2v) is 8.17. The van der Waals surface area contributed by atoms with Crippen molar-refractivity contribution in [2.45, 2.75) is 20.3 Å². The first-order valence-electron chi connectivity index (χ1n) is 8.58. The van der Waals surface area contributed by atoms with E-state index in [-0.39, 0.29) is 6.42 Å². The van der Waals surface area contributed by atoms with E-state index in [1.807, 2.05) is 47.0 Å². The van der Waals surface area contributed by atoms with Crippen LogP contribution in [0.1, 0.15) is 17.5 Å². The molecule has 4 rings (SSSR count). The molecule has 0 unspecified atom stereocenters. The molecule has 0 atom stereocenters. The van der Waals surface area contributed by atoms with Crippen molar-refractivity contribution in [3.05, 3.63) is 52.3 Å². The highest BCUT2D eigenvalue weighted by Crippen LogP contribution is 2.38. The van der Waals surface area contributed by atoms with Crippen LogP contribution in [0, 0.1) is 6.92 Å². The number of imidazole rings is 1. The van der Waals surface area contributed by atoms with Crippen molar-refractivity contribution in [1.82, 2.24) is 9.38 Å². The monoisotopic (exact) mass is 398 g/mol. The lowest BCUT2D eigenvalue weighted by atomic mass is 10.1. The molecule has 5 nitrogen and oxygen atoms in total. The maximum atomic E-state index is 11.6. The van der Waals surface area contributed by atoms with Crippen LogP contribution in [0.5, 0.6) is 5.75 Å². The summed E-state index contributed by atoms with van der Waals surface area (Å²) in [6.07, 6.45) is -0.0851. The minimum absolute atomic E-state index is 0.0851. The molecular formula is C20H18N2O3S2. The highest BCUT2D eigenvalue weighted by molar-refractivity contribution is 7.18. The standard InChI is InChI=1S/C20H18N2O3S2/c1-3-25-14-8-6-13(7-9-14)18-15(11-17(23)24)22-19(16-5-4-10-26-16)12(2)27-20(22)21-18/h4-10H,3,11H2,1-2H3,(H,23,24). The number of nitrogens with zero attached hydrogens (tertiary/aromatic N) is 2. The van der Waals surface area contributed by atoms with Crippen molar-refractivity contribution in [3.63, 3.8) is 0 Å². The third kappa shape index (κ3) is 3.24. The number of thiophene rings is 1. The fourth-order valence-corrected chi connectivity index (χ4v) is 5.07. The van der Waals surface area contributed by atoms with Crippen molar-refractivity contribution in [2.75, 3.05) is 6.61 Å². The van der Waals surface area contributed by atoms with Gasteiger partial charge in [0, 0.05) is 10.4 Å². The predicted molar refractivity (Wildman–Crippen MR) is 109 cm³/mol. The molecule has 138 valence electrons. The number of carboxylic acids is 1. The number of aliphatic carboxylic acids is 1. The van der Waals surface area contributed by atoms with Crippen LogP contribution in [0.3, 0.4) is 0 Å². The highest BCUT2D eigenvalue weighted by atomic mass is 32.1. The smallest absolute Gasteiger partial charge is 0.309 e. The van der Waals surface area contributed by atoms with Crippen LogP contribution in [0.25, 0.3) is 26.8 Å². The topological polar surface area (TPSA) is 63.8 Å². The van der Waals surface area contributed by atoms with Gasteiger partial charge < -0.3 is 9.84 Å². The fourth-order valence-electron chi connectivity index (χ4n) is 3.18. The normalized spacial score (nSPS) is 11.2. The van der Waals surface area contributed by atoms with Crippen LogP contribution >= 0.6 is 22.7 Å². The number of benzene rings is 1. The average Bonchev–Trinajstić information content (AvgIpc) is 3.33. The first-order chi connectivity index (χ1) is 13.1. The van der Waals surface area contributed by atoms with Gasteiger partial charge in [0.25, 0.3) is 0 Å². The fraction of sp³-hybridized carbons (Fsp3) is 0.200. The van der Waals surface area contributed by atoms with Crippen LogP contribution < -0.4 is 4.74 Å². The summed E-state index contributed by atoms with van der Waals surface area (Å²) < 4.78 is 7.51. The summed E-state index contributed by atoms with van der Waals surface area (Å²) in [6.45, 7) is 4.60. The quantitative estimate of drug-likeness (QED) is 0.489. The van der Waals surface area contributed by atoms with Gasteiger partial charge in [0.1, 0.15) is 5.75 Å². The second-order valence-electron chi connectivity index (χ2n) is 6.04. The van der Waals surface area contributed by atoms with E-state index in [1.165, 1.54) is 0 Å². The molecule has 0 radical (unpaired) electrons. The molecule has 3 aromatic heterocycles. The van der Waals surface area contributed by atoms with Gasteiger partial charge in [-0.05, 0) is 49.6 Å². The molecule has 0 aliphatic rings. The van der Waals surface area contributed by atoms with Gasteiger partial charge in [0.05, 0.1) is 35.0 Å². The zero-order valence-corrected chi connectivity index (χ0v) is 16.6. The van der Waals surface area contributed by atoms with Gasteiger partial charge in [-0.15, -0.1) is 22.7 Å². The third-order valence-electron chi connectivity index (χ3n) is 4.26. The molecular weight excluding hydrogens is 380 g/mol. The molecule has 0 aliphatic heterocycles. The van der Waals surface area contributed by atoms with Crippen molar-refractivity contribution in [1.29, 1.82) is 0 Å². The van der Waals surface area contributed by atoms with Crippen LogP contribution in [0.15, 0.2) is 41.8 Å². The van der Waals surface area contributed by atoms with Crippen LogP contribution in [0.4, 0.5) is 0 Å². The van der Waals surface area contributed by atoms with Gasteiger partial charge in [-0.3, -0.25) is 9.20 Å². The van der Waals surface area contributed by atoms with Crippen molar-refractivity contribution < 1.29 is 14.6 Å². The van der Waals surface area contributed by atoms with E-state index in [0.717, 1.165) is 31.7 Å².